The van der Waals surface area contributed by atoms with Gasteiger partial charge in [-0.05, 0) is 43.1 Å². The molecule has 1 saturated heterocycles. The van der Waals surface area contributed by atoms with Crippen LogP contribution in [0.5, 0.6) is 5.75 Å². The summed E-state index contributed by atoms with van der Waals surface area (Å²) in [6, 6.07) is 17.7. The van der Waals surface area contributed by atoms with E-state index in [2.05, 4.69) is 12.1 Å². The van der Waals surface area contributed by atoms with Gasteiger partial charge >= 0.3 is 0 Å². The number of benzene rings is 2. The Labute approximate surface area is 143 Å². The summed E-state index contributed by atoms with van der Waals surface area (Å²) in [5, 5.41) is 0. The Bertz CT molecular complexity index is 687. The first-order chi connectivity index (χ1) is 11.7. The number of ether oxygens (including phenoxy) is 1. The van der Waals surface area contributed by atoms with Gasteiger partial charge in [0.05, 0.1) is 6.61 Å². The second-order valence-corrected chi connectivity index (χ2v) is 6.18. The van der Waals surface area contributed by atoms with Crippen molar-refractivity contribution in [2.24, 2.45) is 11.7 Å². The Kier molecular flexibility index (Phi) is 5.16. The lowest BCUT2D eigenvalue weighted by Crippen LogP contribution is -2.29. The second kappa shape index (κ2) is 7.49. The molecule has 0 spiro atoms. The van der Waals surface area contributed by atoms with Crippen LogP contribution in [0.2, 0.25) is 0 Å². The van der Waals surface area contributed by atoms with Crippen molar-refractivity contribution in [2.45, 2.75) is 12.8 Å². The largest absolute Gasteiger partial charge is 0.494 e. The molecule has 126 valence electrons. The summed E-state index contributed by atoms with van der Waals surface area (Å²) in [6.07, 6.45) is 0. The molecule has 2 N–H and O–H groups in total. The Hall–Kier alpha value is -2.33. The molecule has 1 fully saturated rings. The van der Waals surface area contributed by atoms with Crippen molar-refractivity contribution in [1.29, 1.82) is 0 Å². The minimum Gasteiger partial charge on any atom is -0.494 e. The van der Waals surface area contributed by atoms with Crippen LogP contribution in [-0.4, -0.2) is 37.0 Å². The second-order valence-electron chi connectivity index (χ2n) is 6.18. The molecular weight excluding hydrogens is 300 g/mol. The van der Waals surface area contributed by atoms with Crippen molar-refractivity contribution in [3.63, 3.8) is 0 Å². The molecule has 2 atom stereocenters. The van der Waals surface area contributed by atoms with Crippen molar-refractivity contribution in [2.75, 3.05) is 26.2 Å². The van der Waals surface area contributed by atoms with E-state index < -0.39 is 0 Å². The van der Waals surface area contributed by atoms with E-state index in [1.807, 2.05) is 54.3 Å². The van der Waals surface area contributed by atoms with Crippen molar-refractivity contribution >= 4 is 5.91 Å². The van der Waals surface area contributed by atoms with Crippen molar-refractivity contribution < 1.29 is 9.53 Å². The molecule has 4 heteroatoms. The smallest absolute Gasteiger partial charge is 0.254 e. The maximum absolute atomic E-state index is 12.9. The summed E-state index contributed by atoms with van der Waals surface area (Å²) in [6.45, 7) is 4.53. The van der Waals surface area contributed by atoms with E-state index >= 15 is 0 Å². The van der Waals surface area contributed by atoms with Crippen molar-refractivity contribution in [3.8, 4) is 5.75 Å². The number of carbonyl (C=O) groups excluding carboxylic acids is 1. The van der Waals surface area contributed by atoms with Crippen LogP contribution in [0.3, 0.4) is 0 Å². The van der Waals surface area contributed by atoms with Gasteiger partial charge in [0.15, 0.2) is 0 Å². The van der Waals surface area contributed by atoms with Gasteiger partial charge in [0, 0.05) is 24.6 Å². The lowest BCUT2D eigenvalue weighted by Gasteiger charge is -2.17. The lowest BCUT2D eigenvalue weighted by atomic mass is 9.89. The average molecular weight is 324 g/mol. The fourth-order valence-electron chi connectivity index (χ4n) is 3.42. The summed E-state index contributed by atoms with van der Waals surface area (Å²) in [7, 11) is 0. The van der Waals surface area contributed by atoms with Gasteiger partial charge in [-0.25, -0.2) is 0 Å². The molecule has 2 aromatic carbocycles. The third-order valence-electron chi connectivity index (χ3n) is 4.65. The lowest BCUT2D eigenvalue weighted by molar-refractivity contribution is 0.0786. The molecule has 1 aliphatic rings. The summed E-state index contributed by atoms with van der Waals surface area (Å²) in [5.41, 5.74) is 7.90. The molecule has 1 amide bonds. The highest BCUT2D eigenvalue weighted by molar-refractivity contribution is 5.94. The molecule has 0 saturated carbocycles. The van der Waals surface area contributed by atoms with Crippen LogP contribution in [-0.2, 0) is 0 Å². The zero-order valence-electron chi connectivity index (χ0n) is 14.0. The fraction of sp³-hybridized carbons (Fsp3) is 0.350. The molecule has 24 heavy (non-hydrogen) atoms. The predicted octanol–water partition coefficient (Wildman–Crippen LogP) is 2.90. The number of likely N-dealkylation sites (tertiary alicyclic amines) is 1. The van der Waals surface area contributed by atoms with E-state index in [1.54, 1.807) is 0 Å². The number of amides is 1. The molecule has 0 aliphatic carbocycles. The highest BCUT2D eigenvalue weighted by atomic mass is 16.5. The van der Waals surface area contributed by atoms with Crippen LogP contribution in [0.1, 0.15) is 28.8 Å². The van der Waals surface area contributed by atoms with Crippen molar-refractivity contribution in [3.05, 3.63) is 65.7 Å². The maximum atomic E-state index is 12.9. The van der Waals surface area contributed by atoms with Gasteiger partial charge in [-0.3, -0.25) is 4.79 Å². The van der Waals surface area contributed by atoms with Gasteiger partial charge in [0.25, 0.3) is 5.91 Å². The van der Waals surface area contributed by atoms with Crippen LogP contribution in [0.4, 0.5) is 0 Å². The zero-order valence-corrected chi connectivity index (χ0v) is 14.0. The van der Waals surface area contributed by atoms with E-state index in [9.17, 15) is 4.79 Å². The molecule has 0 unspecified atom stereocenters. The first kappa shape index (κ1) is 16.5. The molecule has 0 aromatic heterocycles. The number of hydrogen-bond acceptors (Lipinski definition) is 3. The molecular formula is C20H24N2O2. The first-order valence-corrected chi connectivity index (χ1v) is 8.50. The van der Waals surface area contributed by atoms with Gasteiger partial charge in [-0.2, -0.15) is 0 Å². The molecule has 1 aliphatic heterocycles. The molecule has 2 aromatic rings. The minimum absolute atomic E-state index is 0.0495. The van der Waals surface area contributed by atoms with E-state index in [4.69, 9.17) is 10.5 Å². The van der Waals surface area contributed by atoms with Gasteiger partial charge < -0.3 is 15.4 Å². The summed E-state index contributed by atoms with van der Waals surface area (Å²) < 4.78 is 5.50. The topological polar surface area (TPSA) is 55.6 Å². The number of nitrogens with zero attached hydrogens (tertiary/aromatic N) is 1. The normalized spacial score (nSPS) is 20.2. The highest BCUT2D eigenvalue weighted by Crippen LogP contribution is 2.33. The van der Waals surface area contributed by atoms with Gasteiger partial charge in [-0.1, -0.05) is 36.4 Å². The zero-order chi connectivity index (χ0) is 16.9. The van der Waals surface area contributed by atoms with Crippen LogP contribution >= 0.6 is 0 Å². The predicted molar refractivity (Wildman–Crippen MR) is 95.2 cm³/mol. The number of nitrogens with two attached hydrogens (primary N) is 1. The molecule has 1 heterocycles. The third-order valence-corrected chi connectivity index (χ3v) is 4.65. The Morgan fingerprint density at radius 2 is 1.96 bits per heavy atom. The van der Waals surface area contributed by atoms with Gasteiger partial charge in [0.2, 0.25) is 0 Å². The van der Waals surface area contributed by atoms with E-state index in [-0.39, 0.29) is 5.91 Å². The number of carbonyl (C=O) groups is 1. The summed E-state index contributed by atoms with van der Waals surface area (Å²) >= 11 is 0. The van der Waals surface area contributed by atoms with E-state index in [0.717, 1.165) is 5.75 Å². The quantitative estimate of drug-likeness (QED) is 0.920. The minimum atomic E-state index is 0.0495. The summed E-state index contributed by atoms with van der Waals surface area (Å²) in [4.78, 5) is 14.8. The van der Waals surface area contributed by atoms with Crippen molar-refractivity contribution in [1.82, 2.24) is 4.90 Å². The molecule has 0 bridgehead atoms. The van der Waals surface area contributed by atoms with Gasteiger partial charge in [-0.15, -0.1) is 0 Å². The average Bonchev–Trinajstić information content (AvgIpc) is 3.07. The number of rotatable bonds is 5. The molecule has 3 rings (SSSR count). The fourth-order valence-corrected chi connectivity index (χ4v) is 3.42. The highest BCUT2D eigenvalue weighted by Gasteiger charge is 2.35. The number of hydrogen-bond donors (Lipinski definition) is 1. The standard InChI is InChI=1S/C20H24N2O2/c1-2-24-18-10-6-9-16(11-18)20(23)22-13-17(12-21)19(14-22)15-7-4-3-5-8-15/h3-11,17,19H,2,12-14,21H2,1H3/t17-,19+/m1/s1. The van der Waals surface area contributed by atoms with Crippen LogP contribution in [0, 0.1) is 5.92 Å². The Morgan fingerprint density at radius 3 is 2.67 bits per heavy atom. The van der Waals surface area contributed by atoms with E-state index in [1.165, 1.54) is 5.56 Å². The Balaban J connectivity index is 1.78. The van der Waals surface area contributed by atoms with Gasteiger partial charge in [0.1, 0.15) is 5.75 Å². The SMILES string of the molecule is CCOc1cccc(C(=O)N2C[C@@H](CN)[C@H](c3ccccc3)C2)c1. The van der Waals surface area contributed by atoms with Crippen LogP contribution < -0.4 is 10.5 Å². The monoisotopic (exact) mass is 324 g/mol. The van der Waals surface area contributed by atoms with E-state index in [0.29, 0.717) is 43.6 Å². The first-order valence-electron chi connectivity index (χ1n) is 8.50. The third kappa shape index (κ3) is 3.44. The maximum Gasteiger partial charge on any atom is 0.254 e. The molecule has 0 radical (unpaired) electrons. The van der Waals surface area contributed by atoms with Crippen LogP contribution in [0.15, 0.2) is 54.6 Å². The molecule has 4 nitrogen and oxygen atoms in total. The summed E-state index contributed by atoms with van der Waals surface area (Å²) in [5.74, 6) is 1.38. The Morgan fingerprint density at radius 1 is 1.17 bits per heavy atom. The van der Waals surface area contributed by atoms with Crippen LogP contribution in [0.25, 0.3) is 0 Å².